The fourth-order valence-electron chi connectivity index (χ4n) is 2.89. The smallest absolute Gasteiger partial charge is 0.191 e. The first-order chi connectivity index (χ1) is 11.9. The molecule has 1 aromatic rings. The minimum Gasteiger partial charge on any atom is -0.387 e. The number of guanidine groups is 1. The predicted octanol–water partition coefficient (Wildman–Crippen LogP) is 3.57. The number of aliphatic imine (C=N–C) groups is 1. The van der Waals surface area contributed by atoms with Gasteiger partial charge in [0.25, 0.3) is 0 Å². The summed E-state index contributed by atoms with van der Waals surface area (Å²) in [4.78, 5) is 4.77. The molecule has 1 unspecified atom stereocenters. The third-order valence-electron chi connectivity index (χ3n) is 4.79. The molecule has 0 spiro atoms. The first-order valence-corrected chi connectivity index (χ1v) is 10.5. The lowest BCUT2D eigenvalue weighted by atomic mass is 9.84. The molecule has 148 valence electrons. The van der Waals surface area contributed by atoms with Crippen molar-refractivity contribution in [3.63, 3.8) is 0 Å². The highest BCUT2D eigenvalue weighted by molar-refractivity contribution is 14.0. The molecule has 1 aliphatic heterocycles. The van der Waals surface area contributed by atoms with Crippen molar-refractivity contribution >= 4 is 41.7 Å². The highest BCUT2D eigenvalue weighted by Gasteiger charge is 2.31. The van der Waals surface area contributed by atoms with Gasteiger partial charge in [0.05, 0.1) is 12.1 Å². The number of nitrogens with zero attached hydrogens (tertiary/aromatic N) is 1. The van der Waals surface area contributed by atoms with Gasteiger partial charge in [-0.15, -0.1) is 24.0 Å². The standard InChI is InChI=1S/C20H33N3OS.HI/c1-5-16-7-9-17(10-8-16)19(3,4)13-22-18(21-6-2)23-14-20(24)11-12-25-15-20;/h7-10,24H,5-6,11-15H2,1-4H3,(H2,21,22,23);1H. The summed E-state index contributed by atoms with van der Waals surface area (Å²) in [7, 11) is 0. The van der Waals surface area contributed by atoms with Crippen LogP contribution in [0.4, 0.5) is 0 Å². The maximum Gasteiger partial charge on any atom is 0.191 e. The van der Waals surface area contributed by atoms with Gasteiger partial charge in [-0.1, -0.05) is 45.0 Å². The number of rotatable bonds is 7. The van der Waals surface area contributed by atoms with Crippen molar-refractivity contribution in [3.05, 3.63) is 35.4 Å². The molecule has 0 saturated carbocycles. The topological polar surface area (TPSA) is 56.7 Å². The van der Waals surface area contributed by atoms with Crippen LogP contribution in [0.5, 0.6) is 0 Å². The van der Waals surface area contributed by atoms with Gasteiger partial charge in [-0.2, -0.15) is 11.8 Å². The monoisotopic (exact) mass is 491 g/mol. The molecule has 0 radical (unpaired) electrons. The van der Waals surface area contributed by atoms with Crippen molar-refractivity contribution in [2.75, 3.05) is 31.1 Å². The lowest BCUT2D eigenvalue weighted by Crippen LogP contribution is -2.47. The second kappa shape index (κ2) is 10.8. The van der Waals surface area contributed by atoms with E-state index in [1.54, 1.807) is 0 Å². The Balaban J connectivity index is 0.00000338. The molecular formula is C20H34IN3OS. The lowest BCUT2D eigenvalue weighted by Gasteiger charge is -2.26. The van der Waals surface area contributed by atoms with E-state index in [0.29, 0.717) is 13.1 Å². The fourth-order valence-corrected chi connectivity index (χ4v) is 4.18. The van der Waals surface area contributed by atoms with Crippen LogP contribution in [-0.2, 0) is 11.8 Å². The van der Waals surface area contributed by atoms with E-state index in [0.717, 1.165) is 36.9 Å². The van der Waals surface area contributed by atoms with Crippen LogP contribution in [0.25, 0.3) is 0 Å². The van der Waals surface area contributed by atoms with E-state index < -0.39 is 5.60 Å². The van der Waals surface area contributed by atoms with Crippen LogP contribution in [0, 0.1) is 0 Å². The molecule has 1 heterocycles. The normalized spacial score (nSPS) is 20.6. The summed E-state index contributed by atoms with van der Waals surface area (Å²) in [6.07, 6.45) is 1.91. The number of thioether (sulfide) groups is 1. The second-order valence-electron chi connectivity index (χ2n) is 7.51. The maximum absolute atomic E-state index is 10.5. The first-order valence-electron chi connectivity index (χ1n) is 9.30. The van der Waals surface area contributed by atoms with Gasteiger partial charge >= 0.3 is 0 Å². The quantitative estimate of drug-likeness (QED) is 0.310. The Morgan fingerprint density at radius 2 is 1.92 bits per heavy atom. The zero-order valence-electron chi connectivity index (χ0n) is 16.5. The van der Waals surface area contributed by atoms with Crippen molar-refractivity contribution < 1.29 is 5.11 Å². The van der Waals surface area contributed by atoms with Crippen molar-refractivity contribution in [2.45, 2.75) is 51.6 Å². The summed E-state index contributed by atoms with van der Waals surface area (Å²) in [6.45, 7) is 10.7. The van der Waals surface area contributed by atoms with Gasteiger partial charge in [0.2, 0.25) is 0 Å². The fraction of sp³-hybridized carbons (Fsp3) is 0.650. The number of hydrogen-bond donors (Lipinski definition) is 3. The van der Waals surface area contributed by atoms with E-state index in [9.17, 15) is 5.11 Å². The van der Waals surface area contributed by atoms with Gasteiger partial charge in [0, 0.05) is 24.3 Å². The molecule has 1 atom stereocenters. The van der Waals surface area contributed by atoms with E-state index in [2.05, 4.69) is 62.6 Å². The average Bonchev–Trinajstić information content (AvgIpc) is 3.04. The summed E-state index contributed by atoms with van der Waals surface area (Å²) in [5, 5.41) is 17.1. The lowest BCUT2D eigenvalue weighted by molar-refractivity contribution is 0.0724. The first kappa shape index (κ1) is 23.6. The largest absolute Gasteiger partial charge is 0.387 e. The van der Waals surface area contributed by atoms with E-state index >= 15 is 0 Å². The third kappa shape index (κ3) is 6.93. The second-order valence-corrected chi connectivity index (χ2v) is 8.62. The van der Waals surface area contributed by atoms with E-state index in [1.807, 2.05) is 11.8 Å². The van der Waals surface area contributed by atoms with Gasteiger partial charge in [0.15, 0.2) is 5.96 Å². The SMILES string of the molecule is CCNC(=NCC(C)(C)c1ccc(CC)cc1)NCC1(O)CCSC1.I. The minimum atomic E-state index is -0.605. The number of benzene rings is 1. The van der Waals surface area contributed by atoms with Crippen LogP contribution < -0.4 is 10.6 Å². The van der Waals surface area contributed by atoms with Crippen molar-refractivity contribution in [1.82, 2.24) is 10.6 Å². The summed E-state index contributed by atoms with van der Waals surface area (Å²) >= 11 is 1.81. The molecule has 26 heavy (non-hydrogen) atoms. The Morgan fingerprint density at radius 3 is 2.46 bits per heavy atom. The molecule has 3 N–H and O–H groups in total. The molecule has 0 aliphatic carbocycles. The van der Waals surface area contributed by atoms with Crippen molar-refractivity contribution in [1.29, 1.82) is 0 Å². The minimum absolute atomic E-state index is 0. The van der Waals surface area contributed by atoms with Crippen molar-refractivity contribution in [3.8, 4) is 0 Å². The van der Waals surface area contributed by atoms with E-state index in [-0.39, 0.29) is 29.4 Å². The number of halogens is 1. The molecule has 0 aromatic heterocycles. The molecule has 2 rings (SSSR count). The Labute approximate surface area is 180 Å². The van der Waals surface area contributed by atoms with Crippen LogP contribution in [0.15, 0.2) is 29.3 Å². The number of aryl methyl sites for hydroxylation is 1. The van der Waals surface area contributed by atoms with Gasteiger partial charge in [0.1, 0.15) is 0 Å². The molecule has 0 amide bonds. The molecule has 4 nitrogen and oxygen atoms in total. The average molecular weight is 491 g/mol. The van der Waals surface area contributed by atoms with Crippen LogP contribution in [0.1, 0.15) is 45.2 Å². The van der Waals surface area contributed by atoms with E-state index in [4.69, 9.17) is 4.99 Å². The van der Waals surface area contributed by atoms with Crippen LogP contribution >= 0.6 is 35.7 Å². The molecule has 6 heteroatoms. The van der Waals surface area contributed by atoms with Gasteiger partial charge in [-0.05, 0) is 36.6 Å². The van der Waals surface area contributed by atoms with Gasteiger partial charge in [-0.3, -0.25) is 4.99 Å². The summed E-state index contributed by atoms with van der Waals surface area (Å²) < 4.78 is 0. The number of hydrogen-bond acceptors (Lipinski definition) is 3. The Bertz CT molecular complexity index is 569. The Kier molecular flexibility index (Phi) is 9.75. The van der Waals surface area contributed by atoms with Gasteiger partial charge in [-0.25, -0.2) is 0 Å². The Hall–Kier alpha value is -0.470. The van der Waals surface area contributed by atoms with Crippen LogP contribution in [0.3, 0.4) is 0 Å². The van der Waals surface area contributed by atoms with Crippen LogP contribution in [0.2, 0.25) is 0 Å². The number of nitrogens with one attached hydrogen (secondary N) is 2. The molecule has 0 bridgehead atoms. The van der Waals surface area contributed by atoms with Crippen LogP contribution in [-0.4, -0.2) is 47.8 Å². The maximum atomic E-state index is 10.5. The molecule has 1 saturated heterocycles. The van der Waals surface area contributed by atoms with Crippen molar-refractivity contribution in [2.24, 2.45) is 4.99 Å². The van der Waals surface area contributed by atoms with Gasteiger partial charge < -0.3 is 15.7 Å². The summed E-state index contributed by atoms with van der Waals surface area (Å²) in [5.41, 5.74) is 2.03. The van der Waals surface area contributed by atoms with E-state index in [1.165, 1.54) is 11.1 Å². The highest BCUT2D eigenvalue weighted by atomic mass is 127. The zero-order valence-corrected chi connectivity index (χ0v) is 19.6. The summed E-state index contributed by atoms with van der Waals surface area (Å²) in [5.74, 6) is 2.62. The third-order valence-corrected chi connectivity index (χ3v) is 6.02. The molecule has 1 aromatic carbocycles. The predicted molar refractivity (Wildman–Crippen MR) is 125 cm³/mol. The zero-order chi connectivity index (χ0) is 18.3. The Morgan fingerprint density at radius 1 is 1.23 bits per heavy atom. The molecule has 1 aliphatic rings. The summed E-state index contributed by atoms with van der Waals surface area (Å²) in [6, 6.07) is 8.84. The highest BCUT2D eigenvalue weighted by Crippen LogP contribution is 2.27. The number of aliphatic hydroxyl groups is 1. The molecule has 1 fully saturated rings. The molecular weight excluding hydrogens is 457 g/mol.